The van der Waals surface area contributed by atoms with Crippen LogP contribution in [0.3, 0.4) is 0 Å². The molecule has 8 heteroatoms. The minimum atomic E-state index is -0.455. The second-order valence-electron chi connectivity index (χ2n) is 7.83. The first-order chi connectivity index (χ1) is 14.6. The third kappa shape index (κ3) is 5.11. The molecule has 2 aromatic rings. The summed E-state index contributed by atoms with van der Waals surface area (Å²) in [5, 5.41) is 13.3. The molecule has 2 heterocycles. The molecule has 0 aliphatic carbocycles. The Hall–Kier alpha value is -2.35. The number of hydrogen-bond acceptors (Lipinski definition) is 5. The van der Waals surface area contributed by atoms with Crippen molar-refractivity contribution in [2.75, 3.05) is 31.7 Å². The zero-order chi connectivity index (χ0) is 21.1. The molecule has 2 aromatic carbocycles. The fourth-order valence-corrected chi connectivity index (χ4v) is 4.12. The topological polar surface area (TPSA) is 71.0 Å². The van der Waals surface area contributed by atoms with Gasteiger partial charge in [0.05, 0.1) is 32.1 Å². The van der Waals surface area contributed by atoms with E-state index in [0.717, 1.165) is 24.3 Å². The molecular weight excluding hydrogens is 423 g/mol. The van der Waals surface area contributed by atoms with Gasteiger partial charge in [-0.1, -0.05) is 12.1 Å². The van der Waals surface area contributed by atoms with Crippen molar-refractivity contribution in [2.45, 2.75) is 31.9 Å². The minimum Gasteiger partial charge on any atom is -0.497 e. The molecule has 2 aliphatic rings. The minimum absolute atomic E-state index is 0. The monoisotopic (exact) mass is 450 g/mol. The third-order valence-electron chi connectivity index (χ3n) is 5.89. The molecule has 0 radical (unpaired) electrons. The Morgan fingerprint density at radius 2 is 1.97 bits per heavy atom. The maximum absolute atomic E-state index is 14.8. The van der Waals surface area contributed by atoms with Crippen molar-refractivity contribution < 1.29 is 23.8 Å². The molecule has 1 saturated heterocycles. The number of ether oxygens (including phenoxy) is 2. The predicted octanol–water partition coefficient (Wildman–Crippen LogP) is 3.08. The van der Waals surface area contributed by atoms with Crippen molar-refractivity contribution >= 4 is 24.0 Å². The van der Waals surface area contributed by atoms with E-state index in [1.54, 1.807) is 13.2 Å². The zero-order valence-electron chi connectivity index (χ0n) is 17.5. The van der Waals surface area contributed by atoms with Gasteiger partial charge in [-0.05, 0) is 49.2 Å². The van der Waals surface area contributed by atoms with Crippen molar-refractivity contribution in [1.29, 1.82) is 0 Å². The first kappa shape index (κ1) is 23.3. The number of hydrogen-bond donors (Lipinski definition) is 2. The number of fused-ring (bicyclic) bond motifs is 1. The van der Waals surface area contributed by atoms with Crippen LogP contribution in [-0.4, -0.2) is 43.9 Å². The fraction of sp³-hybridized carbons (Fsp3) is 0.435. The van der Waals surface area contributed by atoms with Gasteiger partial charge in [-0.15, -0.1) is 12.4 Å². The second kappa shape index (κ2) is 10.3. The summed E-state index contributed by atoms with van der Waals surface area (Å²) in [4.78, 5) is 14.2. The third-order valence-corrected chi connectivity index (χ3v) is 5.89. The van der Waals surface area contributed by atoms with E-state index in [9.17, 15) is 14.3 Å². The maximum Gasteiger partial charge on any atom is 0.227 e. The van der Waals surface area contributed by atoms with Gasteiger partial charge < -0.3 is 24.8 Å². The van der Waals surface area contributed by atoms with Crippen molar-refractivity contribution in [3.05, 3.63) is 53.3 Å². The summed E-state index contributed by atoms with van der Waals surface area (Å²) in [6.07, 6.45) is 1.11. The first-order valence-corrected chi connectivity index (χ1v) is 10.3. The van der Waals surface area contributed by atoms with Crippen LogP contribution >= 0.6 is 12.4 Å². The van der Waals surface area contributed by atoms with Crippen LogP contribution in [0.1, 0.15) is 24.0 Å². The van der Waals surface area contributed by atoms with Crippen molar-refractivity contribution in [3.63, 3.8) is 0 Å². The van der Waals surface area contributed by atoms with Gasteiger partial charge in [-0.3, -0.25) is 4.79 Å². The molecule has 2 N–H and O–H groups in total. The summed E-state index contributed by atoms with van der Waals surface area (Å²) >= 11 is 0. The summed E-state index contributed by atoms with van der Waals surface area (Å²) in [6.45, 7) is 2.05. The van der Waals surface area contributed by atoms with Crippen molar-refractivity contribution in [1.82, 2.24) is 5.32 Å². The molecule has 2 atom stereocenters. The number of amides is 1. The van der Waals surface area contributed by atoms with Gasteiger partial charge in [0, 0.05) is 24.4 Å². The average molecular weight is 451 g/mol. The van der Waals surface area contributed by atoms with Crippen molar-refractivity contribution in [2.24, 2.45) is 5.92 Å². The summed E-state index contributed by atoms with van der Waals surface area (Å²) in [5.74, 6) is 0.812. The molecule has 0 spiro atoms. The Labute approximate surface area is 187 Å². The Morgan fingerprint density at radius 1 is 1.19 bits per heavy atom. The van der Waals surface area contributed by atoms with Gasteiger partial charge in [0.25, 0.3) is 0 Å². The highest BCUT2D eigenvalue weighted by atomic mass is 35.5. The van der Waals surface area contributed by atoms with Crippen LogP contribution in [0.25, 0.3) is 0 Å². The second-order valence-corrected chi connectivity index (χ2v) is 7.83. The maximum atomic E-state index is 14.8. The van der Waals surface area contributed by atoms with Crippen molar-refractivity contribution in [3.8, 4) is 11.5 Å². The number of carbonyl (C=O) groups is 1. The Bertz CT molecular complexity index is 909. The number of benzene rings is 2. The number of aliphatic hydroxyl groups excluding tert-OH is 1. The van der Waals surface area contributed by atoms with Crippen LogP contribution in [0.4, 0.5) is 10.1 Å². The van der Waals surface area contributed by atoms with E-state index in [2.05, 4.69) is 5.32 Å². The quantitative estimate of drug-likeness (QED) is 0.707. The molecule has 0 bridgehead atoms. The average Bonchev–Trinajstić information content (AvgIpc) is 2.76. The number of aliphatic hydroxyl groups is 1. The zero-order valence-corrected chi connectivity index (χ0v) is 18.3. The number of methoxy groups -OCH3 is 1. The summed E-state index contributed by atoms with van der Waals surface area (Å²) in [7, 11) is 1.60. The molecule has 4 rings (SSSR count). The van der Waals surface area contributed by atoms with E-state index in [-0.39, 0.29) is 30.8 Å². The van der Waals surface area contributed by atoms with Crippen LogP contribution < -0.4 is 19.7 Å². The SMILES string of the molecule is COc1ccc(CN2C(=O)CCc3c(OC[C@H]4CCNC[C@@H]4O)ccc(F)c32)cc1.Cl. The van der Waals surface area contributed by atoms with Crippen LogP contribution in [0.2, 0.25) is 0 Å². The Balaban J connectivity index is 0.00000272. The van der Waals surface area contributed by atoms with Crippen LogP contribution in [0, 0.1) is 11.7 Å². The number of β-amino-alcohol motifs (C(OH)–C–C–N with tert-alkyl or cyclic N) is 1. The molecule has 0 aromatic heterocycles. The lowest BCUT2D eigenvalue weighted by Crippen LogP contribution is -2.43. The van der Waals surface area contributed by atoms with Gasteiger partial charge in [0.2, 0.25) is 5.91 Å². The van der Waals surface area contributed by atoms with Crippen LogP contribution in [0.5, 0.6) is 11.5 Å². The number of nitrogens with zero attached hydrogens (tertiary/aromatic N) is 1. The standard InChI is InChI=1S/C23H27FN2O4.ClH/c1-29-17-4-2-15(3-5-17)13-26-22(28)9-6-18-21(8-7-19(24)23(18)26)30-14-16-10-11-25-12-20(16)27;/h2-5,7-8,16,20,25,27H,6,9-14H2,1H3;1H/t16-,20+;/m1./s1. The van der Waals surface area contributed by atoms with Gasteiger partial charge in [0.1, 0.15) is 17.3 Å². The van der Waals surface area contributed by atoms with E-state index in [1.165, 1.54) is 11.0 Å². The molecule has 1 fully saturated rings. The molecule has 168 valence electrons. The summed E-state index contributed by atoms with van der Waals surface area (Å²) in [5.41, 5.74) is 1.90. The highest BCUT2D eigenvalue weighted by molar-refractivity contribution is 5.97. The van der Waals surface area contributed by atoms with E-state index in [1.807, 2.05) is 24.3 Å². The number of rotatable bonds is 6. The highest BCUT2D eigenvalue weighted by Gasteiger charge is 2.31. The van der Waals surface area contributed by atoms with Gasteiger partial charge in [-0.2, -0.15) is 0 Å². The summed E-state index contributed by atoms with van der Waals surface area (Å²) < 4.78 is 26.0. The molecule has 0 unspecified atom stereocenters. The first-order valence-electron chi connectivity index (χ1n) is 10.3. The molecule has 0 saturated carbocycles. The smallest absolute Gasteiger partial charge is 0.227 e. The fourth-order valence-electron chi connectivity index (χ4n) is 4.12. The predicted molar refractivity (Wildman–Crippen MR) is 119 cm³/mol. The molecule has 2 aliphatic heterocycles. The molecule has 1 amide bonds. The van der Waals surface area contributed by atoms with Gasteiger partial charge in [-0.25, -0.2) is 4.39 Å². The lowest BCUT2D eigenvalue weighted by molar-refractivity contribution is -0.119. The molecule has 6 nitrogen and oxygen atoms in total. The van der Waals surface area contributed by atoms with E-state index in [0.29, 0.717) is 43.0 Å². The van der Waals surface area contributed by atoms with Gasteiger partial charge >= 0.3 is 0 Å². The summed E-state index contributed by atoms with van der Waals surface area (Å²) in [6, 6.07) is 10.4. The highest BCUT2D eigenvalue weighted by Crippen LogP contribution is 2.38. The largest absolute Gasteiger partial charge is 0.497 e. The lowest BCUT2D eigenvalue weighted by Gasteiger charge is -2.32. The van der Waals surface area contributed by atoms with Crippen LogP contribution in [0.15, 0.2) is 36.4 Å². The number of carbonyl (C=O) groups excluding carboxylic acids is 1. The normalized spacial score (nSPS) is 20.6. The van der Waals surface area contributed by atoms with Crippen LogP contribution in [-0.2, 0) is 17.8 Å². The lowest BCUT2D eigenvalue weighted by atomic mass is 9.95. The van der Waals surface area contributed by atoms with E-state index < -0.39 is 11.9 Å². The Kier molecular flexibility index (Phi) is 7.75. The molecular formula is C23H28ClFN2O4. The van der Waals surface area contributed by atoms with Gasteiger partial charge in [0.15, 0.2) is 0 Å². The number of piperidine rings is 1. The number of anilines is 1. The number of halogens is 2. The van der Waals surface area contributed by atoms with E-state index >= 15 is 0 Å². The van der Waals surface area contributed by atoms with E-state index in [4.69, 9.17) is 9.47 Å². The number of nitrogens with one attached hydrogen (secondary N) is 1. The Morgan fingerprint density at radius 3 is 2.68 bits per heavy atom. The molecule has 31 heavy (non-hydrogen) atoms.